The quantitative estimate of drug-likeness (QED) is 0.872. The molecule has 80 valence electrons. The molecule has 2 heteroatoms. The van der Waals surface area contributed by atoms with E-state index in [-0.39, 0.29) is 5.54 Å². The summed E-state index contributed by atoms with van der Waals surface area (Å²) in [6.07, 6.45) is 6.19. The van der Waals surface area contributed by atoms with Crippen molar-refractivity contribution in [1.29, 1.82) is 0 Å². The number of benzene rings is 1. The average molecular weight is 266 g/mol. The van der Waals surface area contributed by atoms with Gasteiger partial charge in [-0.3, -0.25) is 0 Å². The largest absolute Gasteiger partial charge is 0.325 e. The lowest BCUT2D eigenvalue weighted by molar-refractivity contribution is 0.513. The Morgan fingerprint density at radius 1 is 1.40 bits per heavy atom. The Hall–Kier alpha value is -0.340. The monoisotopic (exact) mass is 265 g/mol. The third kappa shape index (κ3) is 1.85. The van der Waals surface area contributed by atoms with Crippen molar-refractivity contribution in [3.05, 3.63) is 33.8 Å². The van der Waals surface area contributed by atoms with Gasteiger partial charge in [0.05, 0.1) is 0 Å². The second-order valence-electron chi connectivity index (χ2n) is 5.15. The molecule has 0 radical (unpaired) electrons. The minimum absolute atomic E-state index is 0.194. The SMILES string of the molecule is NC1(CC2CCc3cc(Br)ccc32)CC1. The zero-order valence-electron chi connectivity index (χ0n) is 8.80. The summed E-state index contributed by atoms with van der Waals surface area (Å²) in [4.78, 5) is 0. The molecule has 2 aliphatic rings. The van der Waals surface area contributed by atoms with E-state index in [9.17, 15) is 0 Å². The van der Waals surface area contributed by atoms with Crippen molar-refractivity contribution in [2.75, 3.05) is 0 Å². The highest BCUT2D eigenvalue weighted by Crippen LogP contribution is 2.46. The molecule has 0 amide bonds. The van der Waals surface area contributed by atoms with Gasteiger partial charge in [0, 0.05) is 10.0 Å². The summed E-state index contributed by atoms with van der Waals surface area (Å²) in [5.41, 5.74) is 9.48. The average Bonchev–Trinajstić information content (AvgIpc) is 2.79. The van der Waals surface area contributed by atoms with E-state index >= 15 is 0 Å². The fraction of sp³-hybridized carbons (Fsp3) is 0.538. The van der Waals surface area contributed by atoms with E-state index in [1.54, 1.807) is 5.56 Å². The molecule has 1 aromatic rings. The van der Waals surface area contributed by atoms with E-state index in [2.05, 4.69) is 34.1 Å². The van der Waals surface area contributed by atoms with Gasteiger partial charge in [0.1, 0.15) is 0 Å². The molecule has 0 spiro atoms. The molecule has 0 aromatic heterocycles. The predicted molar refractivity (Wildman–Crippen MR) is 66.0 cm³/mol. The van der Waals surface area contributed by atoms with Gasteiger partial charge in [-0.15, -0.1) is 0 Å². The van der Waals surface area contributed by atoms with Gasteiger partial charge in [-0.2, -0.15) is 0 Å². The van der Waals surface area contributed by atoms with Crippen LogP contribution >= 0.6 is 15.9 Å². The van der Waals surface area contributed by atoms with E-state index in [1.807, 2.05) is 0 Å². The highest BCUT2D eigenvalue weighted by molar-refractivity contribution is 9.10. The van der Waals surface area contributed by atoms with Gasteiger partial charge in [0.15, 0.2) is 0 Å². The standard InChI is InChI=1S/C13H16BrN/c14-11-3-4-12-9(7-11)1-2-10(12)8-13(15)5-6-13/h3-4,7,10H,1-2,5-6,8,15H2. The lowest BCUT2D eigenvalue weighted by atomic mass is 9.93. The Labute approximate surface area is 99.2 Å². The number of nitrogens with two attached hydrogens (primary N) is 1. The van der Waals surface area contributed by atoms with Gasteiger partial charge in [-0.1, -0.05) is 22.0 Å². The molecule has 1 fully saturated rings. The van der Waals surface area contributed by atoms with E-state index in [1.165, 1.54) is 42.1 Å². The Morgan fingerprint density at radius 3 is 2.93 bits per heavy atom. The first-order valence-corrected chi connectivity index (χ1v) is 6.53. The van der Waals surface area contributed by atoms with Crippen molar-refractivity contribution in [2.45, 2.75) is 43.6 Å². The zero-order chi connectivity index (χ0) is 10.5. The fourth-order valence-corrected chi connectivity index (χ4v) is 3.15. The van der Waals surface area contributed by atoms with Gasteiger partial charge < -0.3 is 5.73 Å². The second-order valence-corrected chi connectivity index (χ2v) is 6.06. The first kappa shape index (κ1) is 9.86. The molecule has 0 saturated heterocycles. The Kier molecular flexibility index (Phi) is 2.18. The molecule has 0 heterocycles. The topological polar surface area (TPSA) is 26.0 Å². The van der Waals surface area contributed by atoms with Crippen LogP contribution < -0.4 is 5.73 Å². The van der Waals surface area contributed by atoms with Crippen molar-refractivity contribution >= 4 is 15.9 Å². The molecular weight excluding hydrogens is 250 g/mol. The van der Waals surface area contributed by atoms with Gasteiger partial charge >= 0.3 is 0 Å². The van der Waals surface area contributed by atoms with E-state index in [0.717, 1.165) is 5.92 Å². The number of fused-ring (bicyclic) bond motifs is 1. The Bertz CT molecular complexity index is 396. The summed E-state index contributed by atoms with van der Waals surface area (Å²) in [6.45, 7) is 0. The smallest absolute Gasteiger partial charge is 0.0178 e. The van der Waals surface area contributed by atoms with Crippen molar-refractivity contribution in [2.24, 2.45) is 5.73 Å². The summed E-state index contributed by atoms with van der Waals surface area (Å²) in [5.74, 6) is 0.723. The van der Waals surface area contributed by atoms with E-state index in [4.69, 9.17) is 5.73 Å². The molecule has 1 atom stereocenters. The van der Waals surface area contributed by atoms with Crippen LogP contribution in [-0.2, 0) is 6.42 Å². The molecule has 1 nitrogen and oxygen atoms in total. The summed E-state index contributed by atoms with van der Waals surface area (Å²) < 4.78 is 1.20. The molecule has 1 aromatic carbocycles. The number of hydrogen-bond donors (Lipinski definition) is 1. The van der Waals surface area contributed by atoms with Crippen LogP contribution in [0.2, 0.25) is 0 Å². The summed E-state index contributed by atoms with van der Waals surface area (Å²) >= 11 is 3.53. The molecule has 2 aliphatic carbocycles. The maximum absolute atomic E-state index is 6.20. The van der Waals surface area contributed by atoms with E-state index in [0.29, 0.717) is 0 Å². The van der Waals surface area contributed by atoms with Crippen molar-refractivity contribution < 1.29 is 0 Å². The highest BCUT2D eigenvalue weighted by atomic mass is 79.9. The summed E-state index contributed by atoms with van der Waals surface area (Å²) in [5, 5.41) is 0. The van der Waals surface area contributed by atoms with Crippen LogP contribution in [0.25, 0.3) is 0 Å². The van der Waals surface area contributed by atoms with Crippen LogP contribution in [-0.4, -0.2) is 5.54 Å². The van der Waals surface area contributed by atoms with Crippen LogP contribution in [0.15, 0.2) is 22.7 Å². The summed E-state index contributed by atoms with van der Waals surface area (Å²) in [6, 6.07) is 6.71. The van der Waals surface area contributed by atoms with Gasteiger partial charge in [0.2, 0.25) is 0 Å². The molecule has 0 aliphatic heterocycles. The maximum Gasteiger partial charge on any atom is 0.0178 e. The molecule has 2 N–H and O–H groups in total. The van der Waals surface area contributed by atoms with Crippen LogP contribution in [0.5, 0.6) is 0 Å². The normalized spacial score (nSPS) is 26.4. The number of aryl methyl sites for hydroxylation is 1. The fourth-order valence-electron chi connectivity index (χ4n) is 2.74. The minimum Gasteiger partial charge on any atom is -0.325 e. The van der Waals surface area contributed by atoms with Gasteiger partial charge in [-0.05, 0) is 61.3 Å². The van der Waals surface area contributed by atoms with Crippen molar-refractivity contribution in [3.63, 3.8) is 0 Å². The molecule has 1 saturated carbocycles. The molecule has 3 rings (SSSR count). The van der Waals surface area contributed by atoms with Crippen molar-refractivity contribution in [3.8, 4) is 0 Å². The molecular formula is C13H16BrN. The van der Waals surface area contributed by atoms with Crippen LogP contribution in [0.1, 0.15) is 42.7 Å². The van der Waals surface area contributed by atoms with Crippen LogP contribution in [0.4, 0.5) is 0 Å². The van der Waals surface area contributed by atoms with Crippen molar-refractivity contribution in [1.82, 2.24) is 0 Å². The lowest BCUT2D eigenvalue weighted by Crippen LogP contribution is -2.23. The lowest BCUT2D eigenvalue weighted by Gasteiger charge is -2.16. The number of rotatable bonds is 2. The minimum atomic E-state index is 0.194. The predicted octanol–water partition coefficient (Wildman–Crippen LogP) is 3.36. The Balaban J connectivity index is 1.85. The van der Waals surface area contributed by atoms with E-state index < -0.39 is 0 Å². The number of hydrogen-bond acceptors (Lipinski definition) is 1. The third-order valence-corrected chi connectivity index (χ3v) is 4.35. The summed E-state index contributed by atoms with van der Waals surface area (Å²) in [7, 11) is 0. The Morgan fingerprint density at radius 2 is 2.20 bits per heavy atom. The van der Waals surface area contributed by atoms with Crippen LogP contribution in [0.3, 0.4) is 0 Å². The third-order valence-electron chi connectivity index (χ3n) is 3.85. The van der Waals surface area contributed by atoms with Gasteiger partial charge in [-0.25, -0.2) is 0 Å². The molecule has 0 bridgehead atoms. The second kappa shape index (κ2) is 3.33. The molecule has 15 heavy (non-hydrogen) atoms. The maximum atomic E-state index is 6.20. The van der Waals surface area contributed by atoms with Gasteiger partial charge in [0.25, 0.3) is 0 Å². The zero-order valence-corrected chi connectivity index (χ0v) is 10.4. The first-order chi connectivity index (χ1) is 7.16. The van der Waals surface area contributed by atoms with Crippen LogP contribution in [0, 0.1) is 0 Å². The highest BCUT2D eigenvalue weighted by Gasteiger charge is 2.41. The molecule has 1 unspecified atom stereocenters. The first-order valence-electron chi connectivity index (χ1n) is 5.74. The number of halogens is 1.